The standard InChI is InChI=1S/C41H32N8O5/c1-42-38(51)30-20-46-35-21-47-34(17-28(30)35)26-9-5-8-24-16-33(45-19-29(24)26)25-11-12-32(44-18-25)39(52)43-15-3-2-6-23-7-4-10-27-31(23)22-49(41(27)54)36-13-14-37(50)48-40(36)53/h4-5,7-12,16-21,36,46H,3,13-15,22H2,1H3,(H,42,51)(H,43,52)(H,48,50,53). The molecule has 8 rings (SSSR count). The Morgan fingerprint density at radius 2 is 1.74 bits per heavy atom. The zero-order valence-corrected chi connectivity index (χ0v) is 29.0. The first kappa shape index (κ1) is 33.9. The van der Waals surface area contributed by atoms with E-state index in [1.807, 2.05) is 36.4 Å². The minimum absolute atomic E-state index is 0.181. The van der Waals surface area contributed by atoms with Gasteiger partial charge in [0.05, 0.1) is 28.7 Å². The number of imide groups is 1. The number of benzene rings is 2. The predicted octanol–water partition coefficient (Wildman–Crippen LogP) is 4.13. The van der Waals surface area contributed by atoms with Crippen molar-refractivity contribution in [1.29, 1.82) is 0 Å². The number of carbonyl (C=O) groups excluding carboxylic acids is 5. The van der Waals surface area contributed by atoms with Gasteiger partial charge in [-0.1, -0.05) is 36.1 Å². The molecular weight excluding hydrogens is 685 g/mol. The van der Waals surface area contributed by atoms with E-state index in [1.165, 1.54) is 4.90 Å². The third-order valence-corrected chi connectivity index (χ3v) is 9.71. The van der Waals surface area contributed by atoms with Crippen LogP contribution >= 0.6 is 0 Å². The molecule has 1 fully saturated rings. The summed E-state index contributed by atoms with van der Waals surface area (Å²) in [6.07, 6.45) is 7.65. The van der Waals surface area contributed by atoms with Gasteiger partial charge >= 0.3 is 0 Å². The molecule has 54 heavy (non-hydrogen) atoms. The Balaban J connectivity index is 0.904. The summed E-state index contributed by atoms with van der Waals surface area (Å²) in [5, 5.41) is 10.5. The molecule has 0 radical (unpaired) electrons. The van der Waals surface area contributed by atoms with Gasteiger partial charge in [0.2, 0.25) is 11.8 Å². The van der Waals surface area contributed by atoms with E-state index in [9.17, 15) is 24.0 Å². The number of aromatic amines is 1. The molecule has 5 amide bonds. The Morgan fingerprint density at radius 3 is 2.56 bits per heavy atom. The molecule has 6 heterocycles. The summed E-state index contributed by atoms with van der Waals surface area (Å²) >= 11 is 0. The summed E-state index contributed by atoms with van der Waals surface area (Å²) in [7, 11) is 1.60. The van der Waals surface area contributed by atoms with Gasteiger partial charge in [0, 0.05) is 84.6 Å². The molecule has 4 aromatic heterocycles. The highest BCUT2D eigenvalue weighted by atomic mass is 16.2. The number of H-pyrrole nitrogens is 1. The number of amides is 5. The molecule has 13 nitrogen and oxygen atoms in total. The van der Waals surface area contributed by atoms with E-state index in [4.69, 9.17) is 4.98 Å². The zero-order valence-electron chi connectivity index (χ0n) is 29.0. The molecular formula is C41H32N8O5. The van der Waals surface area contributed by atoms with E-state index in [2.05, 4.69) is 42.7 Å². The number of rotatable bonds is 7. The van der Waals surface area contributed by atoms with Crippen molar-refractivity contribution in [3.63, 3.8) is 0 Å². The Kier molecular flexibility index (Phi) is 8.84. The Hall–Kier alpha value is -7.20. The topological polar surface area (TPSA) is 179 Å². The number of nitrogens with one attached hydrogen (secondary N) is 4. The van der Waals surface area contributed by atoms with Crippen molar-refractivity contribution in [3.05, 3.63) is 113 Å². The van der Waals surface area contributed by atoms with Crippen LogP contribution in [0.25, 0.3) is 44.2 Å². The van der Waals surface area contributed by atoms with Gasteiger partial charge in [-0.05, 0) is 53.8 Å². The molecule has 266 valence electrons. The summed E-state index contributed by atoms with van der Waals surface area (Å²) in [6, 6.07) is 17.8. The molecule has 1 unspecified atom stereocenters. The Bertz CT molecular complexity index is 2600. The van der Waals surface area contributed by atoms with Crippen molar-refractivity contribution in [1.82, 2.24) is 40.8 Å². The molecule has 0 spiro atoms. The molecule has 0 aliphatic carbocycles. The van der Waals surface area contributed by atoms with Crippen LogP contribution < -0.4 is 16.0 Å². The molecule has 1 saturated heterocycles. The average molecular weight is 717 g/mol. The van der Waals surface area contributed by atoms with Crippen LogP contribution in [-0.2, 0) is 16.1 Å². The summed E-state index contributed by atoms with van der Waals surface area (Å²) in [5.74, 6) is 4.62. The number of nitrogens with zero attached hydrogens (tertiary/aromatic N) is 4. The Labute approximate surface area is 308 Å². The summed E-state index contributed by atoms with van der Waals surface area (Å²) in [6.45, 7) is 0.531. The molecule has 0 bridgehead atoms. The van der Waals surface area contributed by atoms with Crippen molar-refractivity contribution in [2.75, 3.05) is 13.6 Å². The first-order valence-electron chi connectivity index (χ1n) is 17.4. The highest BCUT2D eigenvalue weighted by Gasteiger charge is 2.39. The van der Waals surface area contributed by atoms with Crippen molar-refractivity contribution >= 4 is 51.2 Å². The molecule has 6 aromatic rings. The number of fused-ring (bicyclic) bond motifs is 3. The lowest BCUT2D eigenvalue weighted by Gasteiger charge is -2.29. The molecule has 2 aromatic carbocycles. The molecule has 2 aliphatic heterocycles. The largest absolute Gasteiger partial charge is 0.359 e. The van der Waals surface area contributed by atoms with Crippen molar-refractivity contribution in [2.45, 2.75) is 31.8 Å². The van der Waals surface area contributed by atoms with E-state index >= 15 is 0 Å². The third kappa shape index (κ3) is 6.30. The number of hydrogen-bond donors (Lipinski definition) is 4. The van der Waals surface area contributed by atoms with Crippen LogP contribution in [0.3, 0.4) is 0 Å². The minimum Gasteiger partial charge on any atom is -0.359 e. The van der Waals surface area contributed by atoms with Crippen LogP contribution in [0.1, 0.15) is 61.6 Å². The second kappa shape index (κ2) is 14.1. The van der Waals surface area contributed by atoms with Gasteiger partial charge in [-0.2, -0.15) is 0 Å². The van der Waals surface area contributed by atoms with E-state index in [-0.39, 0.29) is 42.3 Å². The highest BCUT2D eigenvalue weighted by Crippen LogP contribution is 2.32. The first-order valence-corrected chi connectivity index (χ1v) is 17.4. The van der Waals surface area contributed by atoms with Crippen LogP contribution in [0, 0.1) is 11.8 Å². The SMILES string of the molecule is CNC(=O)c1c[nH]c2cnc(-c3cccc4cc(-c5ccc(C(=O)NCCC#Cc6cccc7c6CN(C6CCC(=O)NC6=O)C7=O)nc5)ncc34)cc12. The normalized spacial score (nSPS) is 15.1. The average Bonchev–Trinajstić information content (AvgIpc) is 3.78. The fourth-order valence-electron chi connectivity index (χ4n) is 6.91. The molecule has 0 saturated carbocycles. The molecule has 1 atom stereocenters. The molecule has 13 heteroatoms. The van der Waals surface area contributed by atoms with Gasteiger partial charge in [0.15, 0.2) is 0 Å². The number of piperidine rings is 1. The number of pyridine rings is 3. The van der Waals surface area contributed by atoms with Crippen LogP contribution in [0.5, 0.6) is 0 Å². The highest BCUT2D eigenvalue weighted by molar-refractivity contribution is 6.08. The number of hydrogen-bond acceptors (Lipinski definition) is 8. The quantitative estimate of drug-likeness (QED) is 0.108. The van der Waals surface area contributed by atoms with Gasteiger partial charge in [-0.15, -0.1) is 0 Å². The predicted molar refractivity (Wildman–Crippen MR) is 200 cm³/mol. The second-order valence-electron chi connectivity index (χ2n) is 13.0. The maximum Gasteiger partial charge on any atom is 0.269 e. The van der Waals surface area contributed by atoms with E-state index in [0.717, 1.165) is 38.4 Å². The fraction of sp³-hybridized carbons (Fsp3) is 0.171. The third-order valence-electron chi connectivity index (χ3n) is 9.71. The lowest BCUT2D eigenvalue weighted by atomic mass is 10.0. The maximum absolute atomic E-state index is 13.1. The van der Waals surface area contributed by atoms with Gasteiger partial charge < -0.3 is 20.5 Å². The van der Waals surface area contributed by atoms with Crippen molar-refractivity contribution in [3.8, 4) is 34.4 Å². The molecule has 4 N–H and O–H groups in total. The van der Waals surface area contributed by atoms with Crippen LogP contribution in [0.4, 0.5) is 0 Å². The van der Waals surface area contributed by atoms with Gasteiger partial charge in [0.1, 0.15) is 11.7 Å². The second-order valence-corrected chi connectivity index (χ2v) is 13.0. The maximum atomic E-state index is 13.1. The van der Waals surface area contributed by atoms with Crippen molar-refractivity contribution < 1.29 is 24.0 Å². The van der Waals surface area contributed by atoms with Gasteiger partial charge in [-0.25, -0.2) is 0 Å². The van der Waals surface area contributed by atoms with Gasteiger partial charge in [-0.3, -0.25) is 44.2 Å². The van der Waals surface area contributed by atoms with E-state index in [0.29, 0.717) is 47.5 Å². The lowest BCUT2D eigenvalue weighted by molar-refractivity contribution is -0.136. The van der Waals surface area contributed by atoms with Crippen LogP contribution in [0.2, 0.25) is 0 Å². The number of carbonyl (C=O) groups is 5. The van der Waals surface area contributed by atoms with E-state index in [1.54, 1.807) is 56.1 Å². The summed E-state index contributed by atoms with van der Waals surface area (Å²) in [4.78, 5) is 80.6. The van der Waals surface area contributed by atoms with Gasteiger partial charge in [0.25, 0.3) is 17.7 Å². The zero-order chi connectivity index (χ0) is 37.3. The number of aromatic nitrogens is 4. The minimum atomic E-state index is -0.693. The summed E-state index contributed by atoms with van der Waals surface area (Å²) in [5.41, 5.74) is 6.54. The smallest absolute Gasteiger partial charge is 0.269 e. The first-order chi connectivity index (χ1) is 26.3. The van der Waals surface area contributed by atoms with Crippen LogP contribution in [0.15, 0.2) is 85.5 Å². The molecule has 2 aliphatic rings. The van der Waals surface area contributed by atoms with E-state index < -0.39 is 11.9 Å². The summed E-state index contributed by atoms with van der Waals surface area (Å²) < 4.78 is 0. The fourth-order valence-corrected chi connectivity index (χ4v) is 6.91. The van der Waals surface area contributed by atoms with Crippen LogP contribution in [-0.4, -0.2) is 74.0 Å². The lowest BCUT2D eigenvalue weighted by Crippen LogP contribution is -2.52. The monoisotopic (exact) mass is 716 g/mol. The van der Waals surface area contributed by atoms with Crippen molar-refractivity contribution in [2.24, 2.45) is 0 Å². The Morgan fingerprint density at radius 1 is 0.907 bits per heavy atom.